The van der Waals surface area contributed by atoms with E-state index in [1.807, 2.05) is 0 Å². The highest BCUT2D eigenvalue weighted by molar-refractivity contribution is 5.94. The van der Waals surface area contributed by atoms with Gasteiger partial charge in [0, 0.05) is 37.2 Å². The van der Waals surface area contributed by atoms with Gasteiger partial charge in [-0.05, 0) is 12.3 Å². The smallest absolute Gasteiger partial charge is 0.226 e. The highest BCUT2D eigenvalue weighted by atomic mass is 16.1. The number of nitrogens with zero attached hydrogens (tertiary/aromatic N) is 3. The van der Waals surface area contributed by atoms with Crippen LogP contribution in [-0.2, 0) is 4.79 Å². The molecule has 1 aromatic heterocycles. The fourth-order valence-electron chi connectivity index (χ4n) is 3.55. The highest BCUT2D eigenvalue weighted by Crippen LogP contribution is 2.39. The third-order valence-electron chi connectivity index (χ3n) is 4.43. The Balaban J connectivity index is 1.77. The second-order valence-corrected chi connectivity index (χ2v) is 5.76. The molecule has 2 saturated heterocycles. The Bertz CT molecular complexity index is 546. The van der Waals surface area contributed by atoms with Gasteiger partial charge in [-0.1, -0.05) is 6.92 Å². The number of hydrogen-bond donors (Lipinski definition) is 2. The lowest BCUT2D eigenvalue weighted by Gasteiger charge is -2.33. The van der Waals surface area contributed by atoms with E-state index in [1.165, 1.54) is 6.42 Å². The SMILES string of the molecule is C[C@@H]1CC(=O)Nc2ncnc(N3CC4CC3CN4)c21. The molecule has 0 aliphatic carbocycles. The van der Waals surface area contributed by atoms with Crippen LogP contribution in [0.3, 0.4) is 0 Å². The van der Waals surface area contributed by atoms with Crippen LogP contribution in [0.5, 0.6) is 0 Å². The van der Waals surface area contributed by atoms with Crippen LogP contribution in [0, 0.1) is 0 Å². The molecule has 0 spiro atoms. The first-order valence-corrected chi connectivity index (χ1v) is 6.87. The van der Waals surface area contributed by atoms with Gasteiger partial charge in [0.05, 0.1) is 0 Å². The summed E-state index contributed by atoms with van der Waals surface area (Å²) in [6.45, 7) is 4.12. The van der Waals surface area contributed by atoms with Crippen LogP contribution in [0.4, 0.5) is 11.6 Å². The van der Waals surface area contributed by atoms with Gasteiger partial charge in [0.15, 0.2) is 0 Å². The zero-order valence-electron chi connectivity index (χ0n) is 10.9. The molecule has 19 heavy (non-hydrogen) atoms. The zero-order chi connectivity index (χ0) is 13.0. The molecule has 100 valence electrons. The molecule has 2 N–H and O–H groups in total. The van der Waals surface area contributed by atoms with Gasteiger partial charge < -0.3 is 15.5 Å². The molecule has 6 nitrogen and oxygen atoms in total. The summed E-state index contributed by atoms with van der Waals surface area (Å²) in [5.41, 5.74) is 1.11. The van der Waals surface area contributed by atoms with Crippen molar-refractivity contribution in [2.45, 2.75) is 37.8 Å². The average Bonchev–Trinajstić information content (AvgIpc) is 2.99. The van der Waals surface area contributed by atoms with E-state index < -0.39 is 0 Å². The lowest BCUT2D eigenvalue weighted by atomic mass is 9.94. The largest absolute Gasteiger partial charge is 0.350 e. The molecule has 0 saturated carbocycles. The van der Waals surface area contributed by atoms with E-state index in [0.29, 0.717) is 24.3 Å². The van der Waals surface area contributed by atoms with Crippen LogP contribution in [0.1, 0.15) is 31.2 Å². The number of fused-ring (bicyclic) bond motifs is 3. The molecular formula is C13H17N5O. The standard InChI is InChI=1S/C13H17N5O/c1-7-2-10(19)17-12-11(7)13(16-6-15-12)18-5-8-3-9(18)4-14-8/h6-9,14H,2-5H2,1H3,(H,15,16,17,19)/t7-,8?,9?/m1/s1. The van der Waals surface area contributed by atoms with Crippen molar-refractivity contribution in [3.63, 3.8) is 0 Å². The average molecular weight is 259 g/mol. The Morgan fingerprint density at radius 1 is 1.42 bits per heavy atom. The molecule has 1 aromatic rings. The third-order valence-corrected chi connectivity index (χ3v) is 4.43. The summed E-state index contributed by atoms with van der Waals surface area (Å²) in [6, 6.07) is 1.12. The van der Waals surface area contributed by atoms with E-state index in [9.17, 15) is 4.79 Å². The highest BCUT2D eigenvalue weighted by Gasteiger charge is 2.40. The topological polar surface area (TPSA) is 70.2 Å². The molecule has 2 fully saturated rings. The van der Waals surface area contributed by atoms with Crippen molar-refractivity contribution >= 4 is 17.5 Å². The lowest BCUT2D eigenvalue weighted by molar-refractivity contribution is -0.116. The van der Waals surface area contributed by atoms with Crippen molar-refractivity contribution in [3.8, 4) is 0 Å². The minimum absolute atomic E-state index is 0.0502. The van der Waals surface area contributed by atoms with Gasteiger partial charge in [-0.15, -0.1) is 0 Å². The molecule has 0 aromatic carbocycles. The number of carbonyl (C=O) groups excluding carboxylic acids is 1. The minimum Gasteiger partial charge on any atom is -0.350 e. The second kappa shape index (κ2) is 3.90. The van der Waals surface area contributed by atoms with Crippen molar-refractivity contribution in [3.05, 3.63) is 11.9 Å². The van der Waals surface area contributed by atoms with Crippen LogP contribution in [0.15, 0.2) is 6.33 Å². The maximum absolute atomic E-state index is 11.6. The normalized spacial score (nSPS) is 32.4. The van der Waals surface area contributed by atoms with Gasteiger partial charge in [0.25, 0.3) is 0 Å². The van der Waals surface area contributed by atoms with E-state index in [-0.39, 0.29) is 11.8 Å². The molecule has 0 radical (unpaired) electrons. The van der Waals surface area contributed by atoms with Crippen molar-refractivity contribution in [1.82, 2.24) is 15.3 Å². The predicted octanol–water partition coefficient (Wildman–Crippen LogP) is 0.473. The summed E-state index contributed by atoms with van der Waals surface area (Å²) in [7, 11) is 0. The van der Waals surface area contributed by atoms with E-state index in [2.05, 4.69) is 32.4 Å². The number of anilines is 2. The Labute approximate surface area is 111 Å². The fraction of sp³-hybridized carbons (Fsp3) is 0.615. The van der Waals surface area contributed by atoms with Crippen LogP contribution in [-0.4, -0.2) is 41.0 Å². The molecule has 2 unspecified atom stereocenters. The number of amides is 1. The first kappa shape index (κ1) is 11.2. The number of aromatic nitrogens is 2. The van der Waals surface area contributed by atoms with E-state index in [0.717, 1.165) is 24.5 Å². The van der Waals surface area contributed by atoms with Gasteiger partial charge in [-0.3, -0.25) is 4.79 Å². The zero-order valence-corrected chi connectivity index (χ0v) is 10.9. The number of piperazine rings is 1. The number of rotatable bonds is 1. The van der Waals surface area contributed by atoms with Crippen molar-refractivity contribution in [2.75, 3.05) is 23.3 Å². The van der Waals surface area contributed by atoms with Gasteiger partial charge in [-0.25, -0.2) is 9.97 Å². The molecule has 2 bridgehead atoms. The molecule has 3 aliphatic heterocycles. The quantitative estimate of drug-likeness (QED) is 0.767. The Morgan fingerprint density at radius 3 is 3.05 bits per heavy atom. The van der Waals surface area contributed by atoms with Crippen LogP contribution < -0.4 is 15.5 Å². The molecule has 1 amide bonds. The molecule has 4 rings (SSSR count). The Hall–Kier alpha value is -1.69. The minimum atomic E-state index is 0.0502. The summed E-state index contributed by atoms with van der Waals surface area (Å²) in [6.07, 6.45) is 3.28. The number of carbonyl (C=O) groups is 1. The Morgan fingerprint density at radius 2 is 2.32 bits per heavy atom. The summed E-state index contributed by atoms with van der Waals surface area (Å²) < 4.78 is 0. The molecular weight excluding hydrogens is 242 g/mol. The summed E-state index contributed by atoms with van der Waals surface area (Å²) >= 11 is 0. The molecule has 6 heteroatoms. The van der Waals surface area contributed by atoms with Gasteiger partial charge in [0.1, 0.15) is 18.0 Å². The van der Waals surface area contributed by atoms with Crippen molar-refractivity contribution in [2.24, 2.45) is 0 Å². The maximum Gasteiger partial charge on any atom is 0.226 e. The van der Waals surface area contributed by atoms with Gasteiger partial charge >= 0.3 is 0 Å². The van der Waals surface area contributed by atoms with E-state index in [4.69, 9.17) is 0 Å². The fourth-order valence-corrected chi connectivity index (χ4v) is 3.55. The Kier molecular flexibility index (Phi) is 2.29. The van der Waals surface area contributed by atoms with E-state index in [1.54, 1.807) is 6.33 Å². The number of hydrogen-bond acceptors (Lipinski definition) is 5. The molecule has 3 aliphatic rings. The van der Waals surface area contributed by atoms with Crippen LogP contribution in [0.25, 0.3) is 0 Å². The van der Waals surface area contributed by atoms with Gasteiger partial charge in [-0.2, -0.15) is 0 Å². The van der Waals surface area contributed by atoms with Crippen LogP contribution >= 0.6 is 0 Å². The molecule has 4 heterocycles. The second-order valence-electron chi connectivity index (χ2n) is 5.76. The first-order valence-electron chi connectivity index (χ1n) is 6.87. The van der Waals surface area contributed by atoms with E-state index >= 15 is 0 Å². The summed E-state index contributed by atoms with van der Waals surface area (Å²) in [4.78, 5) is 22.7. The van der Waals surface area contributed by atoms with Crippen molar-refractivity contribution in [1.29, 1.82) is 0 Å². The lowest BCUT2D eigenvalue weighted by Crippen LogP contribution is -2.44. The first-order chi connectivity index (χ1) is 9.22. The van der Waals surface area contributed by atoms with Crippen LogP contribution in [0.2, 0.25) is 0 Å². The number of nitrogens with one attached hydrogen (secondary N) is 2. The van der Waals surface area contributed by atoms with Crippen molar-refractivity contribution < 1.29 is 4.79 Å². The summed E-state index contributed by atoms with van der Waals surface area (Å²) in [5.74, 6) is 1.96. The molecule has 3 atom stereocenters. The third kappa shape index (κ3) is 1.63. The predicted molar refractivity (Wildman–Crippen MR) is 71.2 cm³/mol. The summed E-state index contributed by atoms with van der Waals surface area (Å²) in [5, 5.41) is 6.37. The van der Waals surface area contributed by atoms with Gasteiger partial charge in [0.2, 0.25) is 5.91 Å². The maximum atomic E-state index is 11.6. The monoisotopic (exact) mass is 259 g/mol.